The van der Waals surface area contributed by atoms with Gasteiger partial charge >= 0.3 is 6.18 Å². The summed E-state index contributed by atoms with van der Waals surface area (Å²) in [5.74, 6) is -1.27. The topological polar surface area (TPSA) is 49.8 Å². The number of amides is 1. The van der Waals surface area contributed by atoms with Gasteiger partial charge in [0.2, 0.25) is 0 Å². The van der Waals surface area contributed by atoms with Crippen LogP contribution in [0.4, 0.5) is 13.2 Å². The summed E-state index contributed by atoms with van der Waals surface area (Å²) in [6.07, 6.45) is -4.55. The molecule has 0 saturated heterocycles. The highest BCUT2D eigenvalue weighted by molar-refractivity contribution is 6.18. The molecule has 0 aliphatic heterocycles. The Balaban J connectivity index is 3.05. The summed E-state index contributed by atoms with van der Waals surface area (Å²) in [5, 5.41) is 9.60. The zero-order valence-corrected chi connectivity index (χ0v) is 11.3. The standard InChI is InChI=1S/C12H13ClF3NO3/c1-20-8-2-3-10(18)9(6-8)11(19)17(5-4-13)7-12(14,15)16/h2-3,6,18H,4-5,7H2,1H3. The van der Waals surface area contributed by atoms with Crippen LogP contribution in [0.5, 0.6) is 11.5 Å². The molecule has 1 rings (SSSR count). The van der Waals surface area contributed by atoms with Gasteiger partial charge in [-0.2, -0.15) is 13.2 Å². The van der Waals surface area contributed by atoms with E-state index in [9.17, 15) is 23.1 Å². The normalized spacial score (nSPS) is 11.2. The maximum atomic E-state index is 12.4. The number of methoxy groups -OCH3 is 1. The number of alkyl halides is 4. The maximum absolute atomic E-state index is 12.4. The van der Waals surface area contributed by atoms with Gasteiger partial charge in [0.15, 0.2) is 0 Å². The van der Waals surface area contributed by atoms with Crippen molar-refractivity contribution in [3.05, 3.63) is 23.8 Å². The molecular formula is C12H13ClF3NO3. The van der Waals surface area contributed by atoms with Crippen molar-refractivity contribution in [2.75, 3.05) is 26.1 Å². The molecule has 0 fully saturated rings. The molecule has 0 heterocycles. The number of hydrogen-bond donors (Lipinski definition) is 1. The Labute approximate surface area is 118 Å². The van der Waals surface area contributed by atoms with Gasteiger partial charge < -0.3 is 14.7 Å². The second kappa shape index (κ2) is 6.69. The van der Waals surface area contributed by atoms with Gasteiger partial charge in [-0.3, -0.25) is 4.79 Å². The van der Waals surface area contributed by atoms with E-state index in [1.807, 2.05) is 0 Å². The summed E-state index contributed by atoms with van der Waals surface area (Å²) in [7, 11) is 1.34. The Kier molecular flexibility index (Phi) is 5.50. The average Bonchev–Trinajstić information content (AvgIpc) is 2.36. The van der Waals surface area contributed by atoms with Crippen molar-refractivity contribution in [1.82, 2.24) is 4.90 Å². The highest BCUT2D eigenvalue weighted by Gasteiger charge is 2.33. The summed E-state index contributed by atoms with van der Waals surface area (Å²) in [6, 6.07) is 3.75. The van der Waals surface area contributed by atoms with E-state index >= 15 is 0 Å². The van der Waals surface area contributed by atoms with E-state index in [0.717, 1.165) is 0 Å². The minimum Gasteiger partial charge on any atom is -0.507 e. The van der Waals surface area contributed by atoms with E-state index in [1.54, 1.807) is 0 Å². The molecule has 0 spiro atoms. The zero-order valence-electron chi connectivity index (χ0n) is 10.6. The smallest absolute Gasteiger partial charge is 0.406 e. The van der Waals surface area contributed by atoms with Gasteiger partial charge in [0.05, 0.1) is 12.7 Å². The Morgan fingerprint density at radius 3 is 2.60 bits per heavy atom. The van der Waals surface area contributed by atoms with Crippen LogP contribution in [-0.4, -0.2) is 48.2 Å². The van der Waals surface area contributed by atoms with Crippen molar-refractivity contribution < 1.29 is 27.8 Å². The van der Waals surface area contributed by atoms with Gasteiger partial charge in [-0.1, -0.05) is 0 Å². The fourth-order valence-electron chi connectivity index (χ4n) is 1.55. The summed E-state index contributed by atoms with van der Waals surface area (Å²) in [6.45, 7) is -1.72. The van der Waals surface area contributed by atoms with Gasteiger partial charge in [-0.15, -0.1) is 11.6 Å². The first-order chi connectivity index (χ1) is 9.28. The molecule has 0 aliphatic carbocycles. The fraction of sp³-hybridized carbons (Fsp3) is 0.417. The van der Waals surface area contributed by atoms with Crippen molar-refractivity contribution in [2.45, 2.75) is 6.18 Å². The van der Waals surface area contributed by atoms with E-state index in [-0.39, 0.29) is 23.7 Å². The SMILES string of the molecule is COc1ccc(O)c(C(=O)N(CCCl)CC(F)(F)F)c1. The van der Waals surface area contributed by atoms with Crippen LogP contribution in [0.15, 0.2) is 18.2 Å². The number of carbonyl (C=O) groups excluding carboxylic acids is 1. The number of carbonyl (C=O) groups is 1. The third-order valence-corrected chi connectivity index (χ3v) is 2.61. The lowest BCUT2D eigenvalue weighted by atomic mass is 10.1. The Hall–Kier alpha value is -1.63. The molecule has 0 bridgehead atoms. The zero-order chi connectivity index (χ0) is 15.3. The highest BCUT2D eigenvalue weighted by atomic mass is 35.5. The molecule has 1 N–H and O–H groups in total. The highest BCUT2D eigenvalue weighted by Crippen LogP contribution is 2.26. The number of phenols is 1. The van der Waals surface area contributed by atoms with Crippen LogP contribution < -0.4 is 4.74 Å². The van der Waals surface area contributed by atoms with Crippen molar-refractivity contribution in [3.8, 4) is 11.5 Å². The van der Waals surface area contributed by atoms with Crippen molar-refractivity contribution in [3.63, 3.8) is 0 Å². The lowest BCUT2D eigenvalue weighted by Gasteiger charge is -2.23. The fourth-order valence-corrected chi connectivity index (χ4v) is 1.76. The van der Waals surface area contributed by atoms with Crippen LogP contribution in [0.2, 0.25) is 0 Å². The van der Waals surface area contributed by atoms with Crippen molar-refractivity contribution in [1.29, 1.82) is 0 Å². The predicted octanol–water partition coefficient (Wildman–Crippen LogP) is 2.64. The molecule has 1 aromatic carbocycles. The first-order valence-electron chi connectivity index (χ1n) is 5.57. The first-order valence-corrected chi connectivity index (χ1v) is 6.11. The number of nitrogens with zero attached hydrogens (tertiary/aromatic N) is 1. The van der Waals surface area contributed by atoms with Crippen LogP contribution in [0.25, 0.3) is 0 Å². The third-order valence-electron chi connectivity index (χ3n) is 2.45. The molecule has 0 atom stereocenters. The first kappa shape index (κ1) is 16.4. The number of halogens is 4. The second-order valence-corrected chi connectivity index (χ2v) is 4.29. The van der Waals surface area contributed by atoms with E-state index in [2.05, 4.69) is 0 Å². The van der Waals surface area contributed by atoms with Crippen LogP contribution >= 0.6 is 11.6 Å². The molecule has 1 amide bonds. The molecule has 0 unspecified atom stereocenters. The van der Waals surface area contributed by atoms with Crippen molar-refractivity contribution in [2.24, 2.45) is 0 Å². The minimum absolute atomic E-state index is 0.146. The number of aromatic hydroxyl groups is 1. The number of phenolic OH excluding ortho intramolecular Hbond substituents is 1. The molecule has 1 aromatic rings. The average molecular weight is 312 g/mol. The van der Waals surface area contributed by atoms with Crippen LogP contribution in [-0.2, 0) is 0 Å². The van der Waals surface area contributed by atoms with E-state index in [0.29, 0.717) is 4.90 Å². The number of rotatable bonds is 5. The van der Waals surface area contributed by atoms with E-state index in [4.69, 9.17) is 16.3 Å². The van der Waals surface area contributed by atoms with Gasteiger partial charge in [-0.25, -0.2) is 0 Å². The molecular weight excluding hydrogens is 299 g/mol. The Morgan fingerprint density at radius 2 is 2.10 bits per heavy atom. The third kappa shape index (κ3) is 4.48. The van der Waals surface area contributed by atoms with Gasteiger partial charge in [0.25, 0.3) is 5.91 Å². The van der Waals surface area contributed by atoms with Crippen molar-refractivity contribution >= 4 is 17.5 Å². The lowest BCUT2D eigenvalue weighted by Crippen LogP contribution is -2.40. The predicted molar refractivity (Wildman–Crippen MR) is 67.3 cm³/mol. The molecule has 20 heavy (non-hydrogen) atoms. The van der Waals surface area contributed by atoms with E-state index < -0.39 is 24.4 Å². The summed E-state index contributed by atoms with van der Waals surface area (Å²) >= 11 is 5.41. The largest absolute Gasteiger partial charge is 0.507 e. The second-order valence-electron chi connectivity index (χ2n) is 3.91. The molecule has 0 saturated carbocycles. The quantitative estimate of drug-likeness (QED) is 0.851. The van der Waals surface area contributed by atoms with Crippen LogP contribution in [0.3, 0.4) is 0 Å². The molecule has 0 aromatic heterocycles. The molecule has 8 heteroatoms. The molecule has 112 valence electrons. The van der Waals surface area contributed by atoms with E-state index in [1.165, 1.54) is 25.3 Å². The molecule has 0 radical (unpaired) electrons. The van der Waals surface area contributed by atoms with Gasteiger partial charge in [-0.05, 0) is 18.2 Å². The number of hydrogen-bond acceptors (Lipinski definition) is 3. The number of ether oxygens (including phenoxy) is 1. The molecule has 4 nitrogen and oxygen atoms in total. The van der Waals surface area contributed by atoms with Gasteiger partial charge in [0, 0.05) is 12.4 Å². The summed E-state index contributed by atoms with van der Waals surface area (Å²) in [4.78, 5) is 12.6. The Morgan fingerprint density at radius 1 is 1.45 bits per heavy atom. The minimum atomic E-state index is -4.55. The number of benzene rings is 1. The monoisotopic (exact) mass is 311 g/mol. The van der Waals surface area contributed by atoms with Crippen LogP contribution in [0, 0.1) is 0 Å². The lowest BCUT2D eigenvalue weighted by molar-refractivity contribution is -0.140. The summed E-state index contributed by atoms with van der Waals surface area (Å²) in [5.41, 5.74) is -0.265. The Bertz CT molecular complexity index is 480. The molecule has 0 aliphatic rings. The van der Waals surface area contributed by atoms with Gasteiger partial charge in [0.1, 0.15) is 18.0 Å². The van der Waals surface area contributed by atoms with Crippen LogP contribution in [0.1, 0.15) is 10.4 Å². The summed E-state index contributed by atoms with van der Waals surface area (Å²) < 4.78 is 42.2. The maximum Gasteiger partial charge on any atom is 0.406 e.